The molecule has 0 saturated heterocycles. The van der Waals surface area contributed by atoms with Crippen molar-refractivity contribution >= 4 is 16.6 Å². The molecule has 0 amide bonds. The summed E-state index contributed by atoms with van der Waals surface area (Å²) in [6, 6.07) is 16.7. The zero-order chi connectivity index (χ0) is 14.5. The van der Waals surface area contributed by atoms with Crippen LogP contribution in [0.2, 0.25) is 0 Å². The summed E-state index contributed by atoms with van der Waals surface area (Å²) < 4.78 is 5.58. The topological polar surface area (TPSA) is 37.0 Å². The highest BCUT2D eigenvalue weighted by Gasteiger charge is 1.99. The summed E-state index contributed by atoms with van der Waals surface area (Å²) in [4.78, 5) is 3.21. The van der Waals surface area contributed by atoms with Crippen LogP contribution in [0.4, 0.5) is 5.69 Å². The Morgan fingerprint density at radius 3 is 2.71 bits per heavy atom. The van der Waals surface area contributed by atoms with Crippen LogP contribution in [-0.2, 0) is 6.54 Å². The first kappa shape index (κ1) is 13.6. The minimum atomic E-state index is 0.767. The van der Waals surface area contributed by atoms with Gasteiger partial charge < -0.3 is 15.0 Å². The number of nitrogens with one attached hydrogen (secondary N) is 2. The van der Waals surface area contributed by atoms with Crippen LogP contribution in [0.3, 0.4) is 0 Å². The highest BCUT2D eigenvalue weighted by Crippen LogP contribution is 2.18. The molecule has 21 heavy (non-hydrogen) atoms. The first-order valence-corrected chi connectivity index (χ1v) is 7.38. The average Bonchev–Trinajstić information content (AvgIpc) is 2.99. The van der Waals surface area contributed by atoms with Gasteiger partial charge in [0.25, 0.3) is 0 Å². The Labute approximate surface area is 125 Å². The maximum atomic E-state index is 5.58. The number of rotatable bonds is 6. The summed E-state index contributed by atoms with van der Waals surface area (Å²) in [6.45, 7) is 3.69. The van der Waals surface area contributed by atoms with E-state index in [4.69, 9.17) is 4.74 Å². The summed E-state index contributed by atoms with van der Waals surface area (Å²) in [5.74, 6) is 0.927. The van der Waals surface area contributed by atoms with Crippen molar-refractivity contribution in [1.82, 2.24) is 4.98 Å². The molecule has 0 saturated carbocycles. The fourth-order valence-corrected chi connectivity index (χ4v) is 2.31. The fraction of sp³-hybridized carbons (Fsp3) is 0.222. The van der Waals surface area contributed by atoms with Crippen LogP contribution in [0.25, 0.3) is 10.9 Å². The molecule has 0 atom stereocenters. The Bertz CT molecular complexity index is 701. The van der Waals surface area contributed by atoms with Crippen molar-refractivity contribution in [2.24, 2.45) is 0 Å². The first-order chi connectivity index (χ1) is 10.3. The monoisotopic (exact) mass is 280 g/mol. The number of anilines is 1. The second-order valence-corrected chi connectivity index (χ2v) is 5.13. The number of H-pyrrole nitrogens is 1. The zero-order valence-corrected chi connectivity index (χ0v) is 12.2. The van der Waals surface area contributed by atoms with E-state index < -0.39 is 0 Å². The summed E-state index contributed by atoms with van der Waals surface area (Å²) in [5.41, 5.74) is 3.55. The normalized spacial score (nSPS) is 10.7. The fourth-order valence-electron chi connectivity index (χ4n) is 2.31. The molecule has 2 N–H and O–H groups in total. The number of ether oxygens (including phenoxy) is 1. The molecule has 0 aliphatic carbocycles. The van der Waals surface area contributed by atoms with E-state index in [0.29, 0.717) is 0 Å². The van der Waals surface area contributed by atoms with Gasteiger partial charge in [-0.2, -0.15) is 0 Å². The highest BCUT2D eigenvalue weighted by atomic mass is 16.5. The van der Waals surface area contributed by atoms with Gasteiger partial charge in [-0.25, -0.2) is 0 Å². The van der Waals surface area contributed by atoms with Gasteiger partial charge in [0.05, 0.1) is 6.61 Å². The van der Waals surface area contributed by atoms with Crippen LogP contribution in [0.5, 0.6) is 5.75 Å². The molecule has 1 heterocycles. The molecule has 3 rings (SSSR count). The molecule has 0 radical (unpaired) electrons. The van der Waals surface area contributed by atoms with Crippen molar-refractivity contribution in [3.8, 4) is 5.75 Å². The van der Waals surface area contributed by atoms with E-state index in [9.17, 15) is 0 Å². The summed E-state index contributed by atoms with van der Waals surface area (Å²) in [7, 11) is 0. The number of fused-ring (bicyclic) bond motifs is 1. The van der Waals surface area contributed by atoms with Crippen molar-refractivity contribution in [2.45, 2.75) is 19.9 Å². The lowest BCUT2D eigenvalue weighted by molar-refractivity contribution is 0.317. The van der Waals surface area contributed by atoms with Crippen LogP contribution in [0.1, 0.15) is 18.9 Å². The average molecular weight is 280 g/mol. The Kier molecular flexibility index (Phi) is 4.10. The van der Waals surface area contributed by atoms with Gasteiger partial charge in [-0.3, -0.25) is 0 Å². The van der Waals surface area contributed by atoms with Crippen molar-refractivity contribution in [1.29, 1.82) is 0 Å². The summed E-state index contributed by atoms with van der Waals surface area (Å²) in [5, 5.41) is 4.68. The molecule has 3 nitrogen and oxygen atoms in total. The highest BCUT2D eigenvalue weighted by molar-refractivity contribution is 5.79. The van der Waals surface area contributed by atoms with E-state index in [-0.39, 0.29) is 0 Å². The molecule has 0 aliphatic rings. The van der Waals surface area contributed by atoms with E-state index in [2.05, 4.69) is 53.6 Å². The molecule has 108 valence electrons. The third kappa shape index (κ3) is 3.37. The maximum Gasteiger partial charge on any atom is 0.119 e. The Morgan fingerprint density at radius 2 is 1.90 bits per heavy atom. The van der Waals surface area contributed by atoms with E-state index in [1.165, 1.54) is 16.5 Å². The molecule has 0 aliphatic heterocycles. The van der Waals surface area contributed by atoms with Gasteiger partial charge in [0.2, 0.25) is 0 Å². The predicted octanol–water partition coefficient (Wildman–Crippen LogP) is 4.57. The lowest BCUT2D eigenvalue weighted by Gasteiger charge is -2.09. The van der Waals surface area contributed by atoms with Crippen LogP contribution in [0.15, 0.2) is 54.7 Å². The molecular weight excluding hydrogens is 260 g/mol. The van der Waals surface area contributed by atoms with Crippen molar-refractivity contribution < 1.29 is 4.74 Å². The molecule has 1 aromatic heterocycles. The lowest BCUT2D eigenvalue weighted by atomic mass is 10.1. The van der Waals surface area contributed by atoms with Gasteiger partial charge in [-0.15, -0.1) is 0 Å². The number of aromatic nitrogens is 1. The van der Waals surface area contributed by atoms with Crippen LogP contribution in [0, 0.1) is 0 Å². The molecule has 0 spiro atoms. The Hall–Kier alpha value is -2.42. The molecule has 3 aromatic rings. The SMILES string of the molecule is CCCOc1ccc(NCc2ccc3[nH]ccc3c2)cc1. The van der Waals surface area contributed by atoms with Gasteiger partial charge in [-0.1, -0.05) is 13.0 Å². The number of hydrogen-bond acceptors (Lipinski definition) is 2. The van der Waals surface area contributed by atoms with Crippen LogP contribution < -0.4 is 10.1 Å². The predicted molar refractivity (Wildman–Crippen MR) is 87.9 cm³/mol. The third-order valence-corrected chi connectivity index (χ3v) is 3.44. The van der Waals surface area contributed by atoms with Gasteiger partial charge in [0.1, 0.15) is 5.75 Å². The number of benzene rings is 2. The van der Waals surface area contributed by atoms with Crippen LogP contribution in [-0.4, -0.2) is 11.6 Å². The molecule has 0 bridgehead atoms. The van der Waals surface area contributed by atoms with Gasteiger partial charge in [0, 0.05) is 23.9 Å². The zero-order valence-electron chi connectivity index (χ0n) is 12.2. The summed E-state index contributed by atoms with van der Waals surface area (Å²) >= 11 is 0. The standard InChI is InChI=1S/C18H20N2O/c1-2-11-21-17-6-4-16(5-7-17)20-13-14-3-8-18-15(12-14)9-10-19-18/h3-10,12,19-20H,2,11,13H2,1H3. The van der Waals surface area contributed by atoms with Gasteiger partial charge >= 0.3 is 0 Å². The van der Waals surface area contributed by atoms with E-state index in [1.54, 1.807) is 0 Å². The minimum absolute atomic E-state index is 0.767. The van der Waals surface area contributed by atoms with Gasteiger partial charge in [-0.05, 0) is 59.8 Å². The molecule has 3 heteroatoms. The molecular formula is C18H20N2O. The quantitative estimate of drug-likeness (QED) is 0.694. The second kappa shape index (κ2) is 6.35. The second-order valence-electron chi connectivity index (χ2n) is 5.13. The molecule has 2 aromatic carbocycles. The Balaban J connectivity index is 1.61. The summed E-state index contributed by atoms with van der Waals surface area (Å²) in [6.07, 6.45) is 3.00. The van der Waals surface area contributed by atoms with Gasteiger partial charge in [0.15, 0.2) is 0 Å². The van der Waals surface area contributed by atoms with E-state index in [1.807, 2.05) is 18.3 Å². The van der Waals surface area contributed by atoms with E-state index >= 15 is 0 Å². The van der Waals surface area contributed by atoms with E-state index in [0.717, 1.165) is 31.0 Å². The van der Waals surface area contributed by atoms with Crippen molar-refractivity contribution in [3.05, 3.63) is 60.3 Å². The number of hydrogen-bond donors (Lipinski definition) is 2. The molecule has 0 unspecified atom stereocenters. The smallest absolute Gasteiger partial charge is 0.119 e. The Morgan fingerprint density at radius 1 is 1.05 bits per heavy atom. The largest absolute Gasteiger partial charge is 0.494 e. The van der Waals surface area contributed by atoms with Crippen LogP contribution >= 0.6 is 0 Å². The third-order valence-electron chi connectivity index (χ3n) is 3.44. The first-order valence-electron chi connectivity index (χ1n) is 7.38. The lowest BCUT2D eigenvalue weighted by Crippen LogP contribution is -1.99. The van der Waals surface area contributed by atoms with Crippen molar-refractivity contribution in [3.63, 3.8) is 0 Å². The maximum absolute atomic E-state index is 5.58. The molecule has 0 fully saturated rings. The minimum Gasteiger partial charge on any atom is -0.494 e. The number of aromatic amines is 1. The van der Waals surface area contributed by atoms with Crippen molar-refractivity contribution in [2.75, 3.05) is 11.9 Å².